The van der Waals surface area contributed by atoms with Gasteiger partial charge in [0.25, 0.3) is 0 Å². The summed E-state index contributed by atoms with van der Waals surface area (Å²) in [5.74, 6) is -1.22. The monoisotopic (exact) mass is 319 g/mol. The van der Waals surface area contributed by atoms with E-state index in [0.29, 0.717) is 42.3 Å². The van der Waals surface area contributed by atoms with Gasteiger partial charge in [-0.15, -0.1) is 0 Å². The van der Waals surface area contributed by atoms with Gasteiger partial charge in [-0.1, -0.05) is 6.07 Å². The van der Waals surface area contributed by atoms with Crippen molar-refractivity contribution >= 4 is 22.4 Å². The van der Waals surface area contributed by atoms with Crippen LogP contribution in [0.4, 0.5) is 13.2 Å². The molecule has 1 aromatic carbocycles. The van der Waals surface area contributed by atoms with Gasteiger partial charge < -0.3 is 0 Å². The average Bonchev–Trinajstić information content (AvgIpc) is 3.15. The Morgan fingerprint density at radius 3 is 2.87 bits per heavy atom. The van der Waals surface area contributed by atoms with Gasteiger partial charge in [0.1, 0.15) is 16.6 Å². The molecular weight excluding hydrogens is 307 g/mol. The predicted octanol–water partition coefficient (Wildman–Crippen LogP) is 3.20. The lowest BCUT2D eigenvalue weighted by Crippen LogP contribution is -2.34. The lowest BCUT2D eigenvalue weighted by atomic mass is 9.71. The number of Topliss-reactive ketones (excluding diaryl/α,β-unsaturated/α-hetero) is 1. The molecule has 1 spiro atoms. The molecule has 118 valence electrons. The number of alkyl halides is 3. The zero-order valence-corrected chi connectivity index (χ0v) is 12.0. The first-order valence-electron chi connectivity index (χ1n) is 7.60. The number of allylic oxidation sites excluding steroid dienone is 2. The minimum Gasteiger partial charge on any atom is -0.294 e. The number of nitrogens with zero attached hydrogens (tertiary/aromatic N) is 2. The first kappa shape index (κ1) is 13.3. The van der Waals surface area contributed by atoms with E-state index < -0.39 is 28.9 Å². The number of fused-ring (bicyclic) bond motifs is 5. The fraction of sp³-hybridized carbons (Fsp3) is 0.438. The van der Waals surface area contributed by atoms with Gasteiger partial charge in [-0.25, -0.2) is 0 Å². The normalized spacial score (nSPS) is 29.3. The number of H-pyrrole nitrogens is 1. The molecule has 0 amide bonds. The number of carbonyl (C=O) groups excluding carboxylic acids is 1. The van der Waals surface area contributed by atoms with Crippen LogP contribution in [0.2, 0.25) is 0 Å². The standard InChI is InChI=1S/C16H12F3N3O/c17-16(18,19)12-11-8-1-2-10-13(21-22-20-10)9(8)6-15(11)4-3-7(5-15)14(12)23/h1-2,7H,3-6H2,(H,20,21,22)/t7-,15?/m1/s1. The quantitative estimate of drug-likeness (QED) is 0.811. The van der Waals surface area contributed by atoms with Crippen LogP contribution in [-0.2, 0) is 11.2 Å². The van der Waals surface area contributed by atoms with Gasteiger partial charge in [0, 0.05) is 11.3 Å². The summed E-state index contributed by atoms with van der Waals surface area (Å²) < 4.78 is 40.9. The van der Waals surface area contributed by atoms with Crippen LogP contribution in [-0.4, -0.2) is 27.4 Å². The molecule has 1 saturated carbocycles. The van der Waals surface area contributed by atoms with Crippen LogP contribution in [0.1, 0.15) is 30.4 Å². The van der Waals surface area contributed by atoms with Crippen molar-refractivity contribution in [2.45, 2.75) is 31.9 Å². The molecule has 0 aliphatic heterocycles. The molecule has 23 heavy (non-hydrogen) atoms. The van der Waals surface area contributed by atoms with Crippen LogP contribution in [0.25, 0.3) is 16.6 Å². The summed E-state index contributed by atoms with van der Waals surface area (Å²) in [5.41, 5.74) is 1.33. The first-order chi connectivity index (χ1) is 10.9. The maximum absolute atomic E-state index is 13.6. The van der Waals surface area contributed by atoms with E-state index in [4.69, 9.17) is 0 Å². The number of hydrogen-bond donors (Lipinski definition) is 1. The molecule has 0 saturated heterocycles. The number of rotatable bonds is 0. The summed E-state index contributed by atoms with van der Waals surface area (Å²) in [6.45, 7) is 0. The van der Waals surface area contributed by atoms with Gasteiger partial charge in [0.15, 0.2) is 5.78 Å². The van der Waals surface area contributed by atoms with Crippen LogP contribution in [0.15, 0.2) is 17.7 Å². The molecule has 1 heterocycles. The number of hydrogen-bond acceptors (Lipinski definition) is 3. The molecule has 3 aliphatic carbocycles. The van der Waals surface area contributed by atoms with E-state index in [9.17, 15) is 18.0 Å². The number of benzene rings is 1. The second-order valence-corrected chi connectivity index (χ2v) is 6.79. The second kappa shape index (κ2) is 3.83. The highest BCUT2D eigenvalue weighted by molar-refractivity contribution is 6.10. The molecule has 1 unspecified atom stereocenters. The van der Waals surface area contributed by atoms with E-state index >= 15 is 0 Å². The fourth-order valence-electron chi connectivity index (χ4n) is 4.84. The van der Waals surface area contributed by atoms with E-state index in [1.165, 1.54) is 0 Å². The Morgan fingerprint density at radius 2 is 2.09 bits per heavy atom. The minimum atomic E-state index is -4.61. The van der Waals surface area contributed by atoms with Crippen molar-refractivity contribution in [2.75, 3.05) is 0 Å². The third-order valence-electron chi connectivity index (χ3n) is 5.67. The van der Waals surface area contributed by atoms with Crippen LogP contribution in [0.3, 0.4) is 0 Å². The van der Waals surface area contributed by atoms with E-state index in [2.05, 4.69) is 15.4 Å². The molecule has 2 atom stereocenters. The lowest BCUT2D eigenvalue weighted by molar-refractivity contribution is -0.132. The zero-order chi connectivity index (χ0) is 16.0. The maximum Gasteiger partial charge on any atom is 0.420 e. The van der Waals surface area contributed by atoms with Gasteiger partial charge in [-0.05, 0) is 48.4 Å². The Hall–Kier alpha value is -2.18. The highest BCUT2D eigenvalue weighted by Gasteiger charge is 2.59. The number of ketones is 1. The fourth-order valence-corrected chi connectivity index (χ4v) is 4.84. The number of aromatic nitrogens is 3. The van der Waals surface area contributed by atoms with Crippen molar-refractivity contribution in [3.8, 4) is 0 Å². The molecule has 3 aliphatic rings. The topological polar surface area (TPSA) is 58.6 Å². The van der Waals surface area contributed by atoms with E-state index in [0.717, 1.165) is 5.56 Å². The highest BCUT2D eigenvalue weighted by atomic mass is 19.4. The maximum atomic E-state index is 13.6. The zero-order valence-electron chi connectivity index (χ0n) is 12.0. The summed E-state index contributed by atoms with van der Waals surface area (Å²) >= 11 is 0. The molecule has 1 N–H and O–H groups in total. The third kappa shape index (κ3) is 1.50. The summed E-state index contributed by atoms with van der Waals surface area (Å²) in [7, 11) is 0. The van der Waals surface area contributed by atoms with Crippen molar-refractivity contribution in [2.24, 2.45) is 11.3 Å². The Kier molecular flexibility index (Phi) is 2.21. The van der Waals surface area contributed by atoms with E-state index in [-0.39, 0.29) is 5.57 Å². The minimum absolute atomic E-state index is 0.212. The Labute approximate surface area is 128 Å². The number of aromatic amines is 1. The largest absolute Gasteiger partial charge is 0.420 e. The van der Waals surface area contributed by atoms with Crippen molar-refractivity contribution in [3.63, 3.8) is 0 Å². The first-order valence-corrected chi connectivity index (χ1v) is 7.60. The van der Waals surface area contributed by atoms with Gasteiger partial charge in [0.2, 0.25) is 0 Å². The number of halogens is 3. The van der Waals surface area contributed by atoms with Crippen molar-refractivity contribution in [1.29, 1.82) is 0 Å². The van der Waals surface area contributed by atoms with Crippen molar-refractivity contribution in [1.82, 2.24) is 15.4 Å². The SMILES string of the molecule is O=C1C(C(F)(F)F)=C2c3ccc4n[nH]nc4c3CC23CC[C@@H]1C3. The van der Waals surface area contributed by atoms with Gasteiger partial charge >= 0.3 is 6.18 Å². The number of nitrogens with one attached hydrogen (secondary N) is 1. The smallest absolute Gasteiger partial charge is 0.294 e. The Morgan fingerprint density at radius 1 is 1.26 bits per heavy atom. The van der Waals surface area contributed by atoms with E-state index in [1.807, 2.05) is 0 Å². The van der Waals surface area contributed by atoms with Gasteiger partial charge in [-0.3, -0.25) is 4.79 Å². The van der Waals surface area contributed by atoms with Crippen molar-refractivity contribution in [3.05, 3.63) is 28.8 Å². The van der Waals surface area contributed by atoms with E-state index in [1.54, 1.807) is 12.1 Å². The van der Waals surface area contributed by atoms with Crippen LogP contribution in [0.5, 0.6) is 0 Å². The molecule has 1 aromatic heterocycles. The third-order valence-corrected chi connectivity index (χ3v) is 5.67. The molecule has 2 bridgehead atoms. The van der Waals surface area contributed by atoms with Crippen LogP contribution >= 0.6 is 0 Å². The van der Waals surface area contributed by atoms with Crippen molar-refractivity contribution < 1.29 is 18.0 Å². The molecule has 4 nitrogen and oxygen atoms in total. The molecular formula is C16H12F3N3O. The highest BCUT2D eigenvalue weighted by Crippen LogP contribution is 2.64. The summed E-state index contributed by atoms with van der Waals surface area (Å²) in [6.07, 6.45) is -2.40. The average molecular weight is 319 g/mol. The molecule has 5 rings (SSSR count). The Bertz CT molecular complexity index is 911. The van der Waals surface area contributed by atoms with Gasteiger partial charge in [-0.2, -0.15) is 28.6 Å². The second-order valence-electron chi connectivity index (χ2n) is 6.79. The van der Waals surface area contributed by atoms with Crippen LogP contribution in [0, 0.1) is 11.3 Å². The summed E-state index contributed by atoms with van der Waals surface area (Å²) in [5, 5.41) is 10.7. The summed E-state index contributed by atoms with van der Waals surface area (Å²) in [6, 6.07) is 3.34. The molecule has 0 radical (unpaired) electrons. The molecule has 2 aromatic rings. The molecule has 7 heteroatoms. The lowest BCUT2D eigenvalue weighted by Gasteiger charge is -2.33. The predicted molar refractivity (Wildman–Crippen MR) is 75.3 cm³/mol. The Balaban J connectivity index is 1.89. The van der Waals surface area contributed by atoms with Crippen LogP contribution < -0.4 is 0 Å². The summed E-state index contributed by atoms with van der Waals surface area (Å²) in [4.78, 5) is 12.4. The van der Waals surface area contributed by atoms with Gasteiger partial charge in [0.05, 0.1) is 0 Å². The number of carbonyl (C=O) groups is 1. The molecule has 1 fully saturated rings.